The Hall–Kier alpha value is -2.70. The summed E-state index contributed by atoms with van der Waals surface area (Å²) >= 11 is 0. The van der Waals surface area contributed by atoms with Gasteiger partial charge < -0.3 is 9.95 Å². The summed E-state index contributed by atoms with van der Waals surface area (Å²) in [6.45, 7) is 3.72. The van der Waals surface area contributed by atoms with Gasteiger partial charge in [0.2, 0.25) is 11.7 Å². The number of hydrogen-bond donors (Lipinski definition) is 2. The fraction of sp³-hybridized carbons (Fsp3) is 0.300. The Morgan fingerprint density at radius 1 is 0.962 bits per heavy atom. The Balaban J connectivity index is 1.31. The molecule has 134 valence electrons. The van der Waals surface area contributed by atoms with Crippen molar-refractivity contribution in [3.05, 3.63) is 66.1 Å². The summed E-state index contributed by atoms with van der Waals surface area (Å²) in [6, 6.07) is 18.3. The lowest BCUT2D eigenvalue weighted by atomic mass is 10.1. The predicted molar refractivity (Wildman–Crippen MR) is 101 cm³/mol. The van der Waals surface area contributed by atoms with E-state index < -0.39 is 0 Å². The van der Waals surface area contributed by atoms with Crippen LogP contribution in [0.3, 0.4) is 0 Å². The van der Waals surface area contributed by atoms with E-state index in [0.717, 1.165) is 37.4 Å². The zero-order valence-corrected chi connectivity index (χ0v) is 14.7. The van der Waals surface area contributed by atoms with Crippen molar-refractivity contribution in [2.45, 2.75) is 25.9 Å². The van der Waals surface area contributed by atoms with Gasteiger partial charge in [0, 0.05) is 17.8 Å². The van der Waals surface area contributed by atoms with Gasteiger partial charge in [0.05, 0.1) is 6.54 Å². The molecular weight excluding hydrogens is 326 g/mol. The van der Waals surface area contributed by atoms with E-state index >= 15 is 0 Å². The summed E-state index contributed by atoms with van der Waals surface area (Å²) in [7, 11) is 0. The molecule has 0 aliphatic carbocycles. The number of nitrogens with zero attached hydrogens (tertiary/aromatic N) is 3. The van der Waals surface area contributed by atoms with E-state index in [4.69, 9.17) is 4.52 Å². The molecule has 0 atom stereocenters. The van der Waals surface area contributed by atoms with Crippen LogP contribution in [0, 0.1) is 0 Å². The van der Waals surface area contributed by atoms with Crippen LogP contribution in [0.25, 0.3) is 11.4 Å². The van der Waals surface area contributed by atoms with Crippen LogP contribution in [0.1, 0.15) is 24.3 Å². The van der Waals surface area contributed by atoms with Gasteiger partial charge in [-0.25, -0.2) is 5.43 Å². The van der Waals surface area contributed by atoms with Gasteiger partial charge in [-0.3, -0.25) is 4.90 Å². The van der Waals surface area contributed by atoms with Crippen LogP contribution in [-0.4, -0.2) is 28.1 Å². The van der Waals surface area contributed by atoms with E-state index in [2.05, 4.69) is 38.0 Å². The molecule has 3 aromatic rings. The second-order valence-corrected chi connectivity index (χ2v) is 6.54. The van der Waals surface area contributed by atoms with Crippen LogP contribution in [0.4, 0.5) is 5.69 Å². The molecule has 2 aromatic carbocycles. The highest BCUT2D eigenvalue weighted by Crippen LogP contribution is 2.18. The molecule has 1 saturated heterocycles. The van der Waals surface area contributed by atoms with Crippen LogP contribution in [0.5, 0.6) is 0 Å². The highest BCUT2D eigenvalue weighted by molar-refractivity contribution is 5.54. The first-order valence-electron chi connectivity index (χ1n) is 9.05. The molecule has 0 unspecified atom stereocenters. The summed E-state index contributed by atoms with van der Waals surface area (Å²) in [5, 5.41) is 4.12. The van der Waals surface area contributed by atoms with Crippen LogP contribution in [0.2, 0.25) is 0 Å². The van der Waals surface area contributed by atoms with Gasteiger partial charge in [-0.2, -0.15) is 4.98 Å². The van der Waals surface area contributed by atoms with Crippen molar-refractivity contribution in [1.29, 1.82) is 0 Å². The normalized spacial score (nSPS) is 14.6. The fourth-order valence-corrected chi connectivity index (χ4v) is 3.11. The summed E-state index contributed by atoms with van der Waals surface area (Å²) in [5.41, 5.74) is 9.59. The number of nitrogens with one attached hydrogen (secondary N) is 2. The molecule has 4 rings (SSSR count). The number of rotatable bonds is 7. The number of hydrazine groups is 1. The number of para-hydroxylation sites is 1. The smallest absolute Gasteiger partial charge is 0.241 e. The second kappa shape index (κ2) is 8.12. The van der Waals surface area contributed by atoms with Crippen LogP contribution >= 0.6 is 0 Å². The third-order valence-corrected chi connectivity index (χ3v) is 4.54. The SMILES string of the molecule is c1ccc(NNCc2ccc(-c3noc(CN4CCCC4)n3)cc2)cc1. The van der Waals surface area contributed by atoms with Crippen molar-refractivity contribution in [3.63, 3.8) is 0 Å². The minimum atomic E-state index is 0.654. The summed E-state index contributed by atoms with van der Waals surface area (Å²) in [5.74, 6) is 1.35. The zero-order chi connectivity index (χ0) is 17.6. The average Bonchev–Trinajstić information content (AvgIpc) is 3.36. The first-order chi connectivity index (χ1) is 12.9. The predicted octanol–water partition coefficient (Wildman–Crippen LogP) is 3.45. The highest BCUT2D eigenvalue weighted by atomic mass is 16.5. The third kappa shape index (κ3) is 4.28. The van der Waals surface area contributed by atoms with Gasteiger partial charge in [-0.1, -0.05) is 47.6 Å². The van der Waals surface area contributed by atoms with Crippen molar-refractivity contribution < 1.29 is 4.52 Å². The van der Waals surface area contributed by atoms with Crippen LogP contribution in [0.15, 0.2) is 59.1 Å². The Bertz CT molecular complexity index is 810. The quantitative estimate of drug-likeness (QED) is 0.637. The number of benzene rings is 2. The van der Waals surface area contributed by atoms with E-state index in [9.17, 15) is 0 Å². The molecule has 6 nitrogen and oxygen atoms in total. The zero-order valence-electron chi connectivity index (χ0n) is 14.7. The Morgan fingerprint density at radius 3 is 2.50 bits per heavy atom. The van der Waals surface area contributed by atoms with Crippen LogP contribution < -0.4 is 10.9 Å². The van der Waals surface area contributed by atoms with E-state index in [0.29, 0.717) is 11.7 Å². The maximum Gasteiger partial charge on any atom is 0.241 e. The topological polar surface area (TPSA) is 66.2 Å². The van der Waals surface area contributed by atoms with E-state index in [1.807, 2.05) is 42.5 Å². The largest absolute Gasteiger partial charge is 0.338 e. The maximum atomic E-state index is 5.40. The lowest BCUT2D eigenvalue weighted by molar-refractivity contribution is 0.268. The number of anilines is 1. The summed E-state index contributed by atoms with van der Waals surface area (Å²) in [6.07, 6.45) is 2.52. The molecule has 0 amide bonds. The number of likely N-dealkylation sites (tertiary alicyclic amines) is 1. The summed E-state index contributed by atoms with van der Waals surface area (Å²) in [4.78, 5) is 6.88. The van der Waals surface area contributed by atoms with Crippen molar-refractivity contribution in [3.8, 4) is 11.4 Å². The lowest BCUT2D eigenvalue weighted by Gasteiger charge is -2.09. The number of hydrogen-bond acceptors (Lipinski definition) is 6. The lowest BCUT2D eigenvalue weighted by Crippen LogP contribution is -2.20. The molecule has 1 aromatic heterocycles. The average molecular weight is 349 g/mol. The minimum Gasteiger partial charge on any atom is -0.338 e. The standard InChI is InChI=1S/C20H23N5O/c1-2-6-18(7-3-1)23-21-14-16-8-10-17(11-9-16)20-22-19(26-24-20)15-25-12-4-5-13-25/h1-3,6-11,21,23H,4-5,12-15H2. The molecule has 1 aliphatic heterocycles. The van der Waals surface area contributed by atoms with Crippen molar-refractivity contribution >= 4 is 5.69 Å². The molecule has 2 heterocycles. The Kier molecular flexibility index (Phi) is 5.23. The van der Waals surface area contributed by atoms with Gasteiger partial charge in [0.15, 0.2) is 0 Å². The van der Waals surface area contributed by atoms with Gasteiger partial charge in [-0.15, -0.1) is 0 Å². The molecule has 1 aliphatic rings. The maximum absolute atomic E-state index is 5.40. The van der Waals surface area contributed by atoms with Gasteiger partial charge in [0.25, 0.3) is 0 Å². The first kappa shape index (κ1) is 16.8. The molecule has 0 radical (unpaired) electrons. The van der Waals surface area contributed by atoms with Gasteiger partial charge in [0.1, 0.15) is 0 Å². The van der Waals surface area contributed by atoms with Crippen molar-refractivity contribution in [2.75, 3.05) is 18.5 Å². The third-order valence-electron chi connectivity index (χ3n) is 4.54. The van der Waals surface area contributed by atoms with Gasteiger partial charge >= 0.3 is 0 Å². The summed E-state index contributed by atoms with van der Waals surface area (Å²) < 4.78 is 5.40. The fourth-order valence-electron chi connectivity index (χ4n) is 3.11. The minimum absolute atomic E-state index is 0.654. The highest BCUT2D eigenvalue weighted by Gasteiger charge is 2.16. The molecule has 2 N–H and O–H groups in total. The number of aromatic nitrogens is 2. The van der Waals surface area contributed by atoms with Gasteiger partial charge in [-0.05, 0) is 43.6 Å². The van der Waals surface area contributed by atoms with E-state index in [-0.39, 0.29) is 0 Å². The molecule has 6 heteroatoms. The molecule has 0 spiro atoms. The Morgan fingerprint density at radius 2 is 1.73 bits per heavy atom. The molecule has 1 fully saturated rings. The van der Waals surface area contributed by atoms with Crippen molar-refractivity contribution in [2.24, 2.45) is 0 Å². The first-order valence-corrected chi connectivity index (χ1v) is 9.05. The van der Waals surface area contributed by atoms with Crippen LogP contribution in [-0.2, 0) is 13.1 Å². The molecule has 0 bridgehead atoms. The second-order valence-electron chi connectivity index (χ2n) is 6.54. The van der Waals surface area contributed by atoms with E-state index in [1.54, 1.807) is 0 Å². The molecule has 26 heavy (non-hydrogen) atoms. The Labute approximate surface area is 153 Å². The molecule has 0 saturated carbocycles. The monoisotopic (exact) mass is 349 g/mol. The van der Waals surface area contributed by atoms with Crippen molar-refractivity contribution in [1.82, 2.24) is 20.5 Å². The molecular formula is C20H23N5O. The van der Waals surface area contributed by atoms with E-state index in [1.165, 1.54) is 18.4 Å².